The summed E-state index contributed by atoms with van der Waals surface area (Å²) in [4.78, 5) is 14.7. The number of rotatable bonds is 7. The highest BCUT2D eigenvalue weighted by atomic mass is 127. The smallest absolute Gasteiger partial charge is 0.222 e. The fourth-order valence-electron chi connectivity index (χ4n) is 4.59. The Bertz CT molecular complexity index is 1230. The molecule has 5 rings (SSSR count). The van der Waals surface area contributed by atoms with E-state index in [0.717, 1.165) is 49.8 Å². The lowest BCUT2D eigenvalue weighted by atomic mass is 9.96. The Kier molecular flexibility index (Phi) is 7.07. The molecule has 0 aliphatic carbocycles. The Balaban J connectivity index is 1.17. The van der Waals surface area contributed by atoms with Gasteiger partial charge in [-0.2, -0.15) is 10.2 Å². The van der Waals surface area contributed by atoms with Crippen LogP contribution in [-0.4, -0.2) is 43.2 Å². The van der Waals surface area contributed by atoms with Crippen LogP contribution in [0, 0.1) is 5.92 Å². The van der Waals surface area contributed by atoms with Crippen molar-refractivity contribution < 1.29 is 4.79 Å². The van der Waals surface area contributed by atoms with Gasteiger partial charge in [-0.05, 0) is 70.5 Å². The number of hydrogen-bond donors (Lipinski definition) is 0. The summed E-state index contributed by atoms with van der Waals surface area (Å²) in [6.07, 6.45) is 10.1. The van der Waals surface area contributed by atoms with Gasteiger partial charge < -0.3 is 4.90 Å². The maximum Gasteiger partial charge on any atom is 0.222 e. The summed E-state index contributed by atoms with van der Waals surface area (Å²) in [6, 6.07) is 16.8. The van der Waals surface area contributed by atoms with E-state index in [-0.39, 0.29) is 5.91 Å². The van der Waals surface area contributed by atoms with Gasteiger partial charge in [0.1, 0.15) is 0 Å². The molecule has 2 aromatic carbocycles. The molecule has 1 aliphatic rings. The van der Waals surface area contributed by atoms with Crippen molar-refractivity contribution in [2.45, 2.75) is 32.2 Å². The summed E-state index contributed by atoms with van der Waals surface area (Å²) >= 11 is 2.33. The number of likely N-dealkylation sites (tertiary alicyclic amines) is 1. The topological polar surface area (TPSA) is 56.0 Å². The molecule has 170 valence electrons. The molecule has 33 heavy (non-hydrogen) atoms. The molecule has 1 fully saturated rings. The van der Waals surface area contributed by atoms with Crippen LogP contribution in [0.1, 0.15) is 24.8 Å². The van der Waals surface area contributed by atoms with E-state index in [2.05, 4.69) is 73.4 Å². The highest BCUT2D eigenvalue weighted by Crippen LogP contribution is 2.29. The van der Waals surface area contributed by atoms with E-state index in [1.165, 1.54) is 16.6 Å². The van der Waals surface area contributed by atoms with Crippen molar-refractivity contribution in [3.05, 3.63) is 72.7 Å². The first kappa shape index (κ1) is 22.5. The number of fused-ring (bicyclic) bond motifs is 1. The lowest BCUT2D eigenvalue weighted by molar-refractivity contribution is -0.132. The average molecular weight is 571 g/mol. The molecule has 6 nitrogen and oxygen atoms in total. The Labute approximate surface area is 208 Å². The van der Waals surface area contributed by atoms with E-state index < -0.39 is 0 Å². The van der Waals surface area contributed by atoms with Crippen LogP contribution in [0.2, 0.25) is 0 Å². The molecule has 3 heterocycles. The number of aromatic nitrogens is 4. The summed E-state index contributed by atoms with van der Waals surface area (Å²) in [5.74, 6) is 0.828. The molecule has 1 atom stereocenters. The summed E-state index contributed by atoms with van der Waals surface area (Å²) < 4.78 is 4.09. The monoisotopic (exact) mass is 571 g/mol. The van der Waals surface area contributed by atoms with Crippen LogP contribution in [0.5, 0.6) is 0 Å². The van der Waals surface area contributed by atoms with Gasteiger partial charge in [0, 0.05) is 43.2 Å². The molecule has 4 aromatic rings. The van der Waals surface area contributed by atoms with Gasteiger partial charge in [-0.15, -0.1) is 0 Å². The van der Waals surface area contributed by atoms with Crippen LogP contribution in [0.3, 0.4) is 0 Å². The summed E-state index contributed by atoms with van der Waals surface area (Å²) in [5, 5.41) is 10.2. The van der Waals surface area contributed by atoms with Crippen molar-refractivity contribution in [1.29, 1.82) is 0 Å². The molecular weight excluding hydrogens is 544 g/mol. The second-order valence-corrected chi connectivity index (χ2v) is 10.7. The minimum atomic E-state index is 0.279. The normalized spacial score (nSPS) is 15.1. The van der Waals surface area contributed by atoms with Gasteiger partial charge >= 0.3 is 0 Å². The fraction of sp³-hybridized carbons (Fsp3) is 0.320. The number of amides is 1. The Morgan fingerprint density at radius 3 is 2.61 bits per heavy atom. The Hall–Kier alpha value is -2.25. The highest BCUT2D eigenvalue weighted by molar-refractivity contribution is 14.2. The zero-order chi connectivity index (χ0) is 22.6. The number of carbonyl (C=O) groups is 1. The van der Waals surface area contributed by atoms with Gasteiger partial charge in [0.15, 0.2) is 0 Å². The Morgan fingerprint density at radius 2 is 1.85 bits per heavy atom. The molecule has 1 amide bonds. The largest absolute Gasteiger partial charge is 0.343 e. The second-order valence-electron chi connectivity index (χ2n) is 8.67. The SMILES string of the molecule is O=C(CCc1ccccc1)N1CCC(Cn2ncc3cc(-c4cnn(PI)c4)ccc32)CC1. The average Bonchev–Trinajstić information content (AvgIpc) is 3.51. The van der Waals surface area contributed by atoms with E-state index >= 15 is 0 Å². The lowest BCUT2D eigenvalue weighted by Crippen LogP contribution is -2.39. The third-order valence-corrected chi connectivity index (χ3v) is 8.41. The number of carbonyl (C=O) groups excluding carboxylic acids is 1. The zero-order valence-corrected chi connectivity index (χ0v) is 21.6. The van der Waals surface area contributed by atoms with Crippen LogP contribution in [-0.2, 0) is 17.8 Å². The van der Waals surface area contributed by atoms with Crippen molar-refractivity contribution in [2.75, 3.05) is 13.1 Å². The van der Waals surface area contributed by atoms with Crippen LogP contribution >= 0.6 is 28.4 Å². The molecule has 2 aromatic heterocycles. The fourth-order valence-corrected chi connectivity index (χ4v) is 5.67. The molecule has 0 radical (unpaired) electrons. The molecule has 0 spiro atoms. The van der Waals surface area contributed by atoms with Gasteiger partial charge in [-0.1, -0.05) is 36.4 Å². The van der Waals surface area contributed by atoms with Crippen molar-refractivity contribution >= 4 is 45.2 Å². The van der Waals surface area contributed by atoms with Crippen LogP contribution < -0.4 is 0 Å². The lowest BCUT2D eigenvalue weighted by Gasteiger charge is -2.32. The summed E-state index contributed by atoms with van der Waals surface area (Å²) in [7, 11) is 0. The minimum Gasteiger partial charge on any atom is -0.343 e. The summed E-state index contributed by atoms with van der Waals surface area (Å²) in [6.45, 7) is 2.61. The van der Waals surface area contributed by atoms with Gasteiger partial charge in [0.05, 0.1) is 24.3 Å². The third-order valence-electron chi connectivity index (χ3n) is 6.51. The maximum absolute atomic E-state index is 12.6. The number of halogens is 1. The van der Waals surface area contributed by atoms with Gasteiger partial charge in [-0.25, -0.2) is 4.45 Å². The van der Waals surface area contributed by atoms with Gasteiger partial charge in [0.2, 0.25) is 5.91 Å². The molecule has 0 bridgehead atoms. The summed E-state index contributed by atoms with van der Waals surface area (Å²) in [5.41, 5.74) is 4.71. The molecule has 0 saturated carbocycles. The van der Waals surface area contributed by atoms with Crippen molar-refractivity contribution in [2.24, 2.45) is 5.92 Å². The first-order valence-electron chi connectivity index (χ1n) is 11.4. The molecule has 8 heteroatoms. The molecule has 1 saturated heterocycles. The van der Waals surface area contributed by atoms with E-state index in [1.54, 1.807) is 0 Å². The van der Waals surface area contributed by atoms with Gasteiger partial charge in [-0.3, -0.25) is 9.48 Å². The van der Waals surface area contributed by atoms with Crippen LogP contribution in [0.4, 0.5) is 0 Å². The number of hydrogen-bond acceptors (Lipinski definition) is 3. The predicted octanol–water partition coefficient (Wildman–Crippen LogP) is 5.56. The van der Waals surface area contributed by atoms with Gasteiger partial charge in [0.25, 0.3) is 0 Å². The first-order chi connectivity index (χ1) is 16.2. The maximum atomic E-state index is 12.6. The quantitative estimate of drug-likeness (QED) is 0.216. The van der Waals surface area contributed by atoms with Crippen LogP contribution in [0.15, 0.2) is 67.1 Å². The third kappa shape index (κ3) is 5.30. The van der Waals surface area contributed by atoms with Crippen molar-refractivity contribution in [3.8, 4) is 11.1 Å². The first-order valence-corrected chi connectivity index (χ1v) is 15.4. The highest BCUT2D eigenvalue weighted by Gasteiger charge is 2.23. The van der Waals surface area contributed by atoms with Crippen molar-refractivity contribution in [1.82, 2.24) is 24.2 Å². The number of benzene rings is 2. The zero-order valence-electron chi connectivity index (χ0n) is 18.4. The number of nitrogens with zero attached hydrogens (tertiary/aromatic N) is 5. The molecule has 0 N–H and O–H groups in total. The van der Waals surface area contributed by atoms with Crippen molar-refractivity contribution in [3.63, 3.8) is 0 Å². The van der Waals surface area contributed by atoms with E-state index in [9.17, 15) is 4.79 Å². The van der Waals surface area contributed by atoms with E-state index in [4.69, 9.17) is 0 Å². The molecular formula is C25H27IN5OP. The molecule has 1 aliphatic heterocycles. The molecule has 1 unspecified atom stereocenters. The number of piperidine rings is 1. The van der Waals surface area contributed by atoms with Crippen LogP contribution in [0.25, 0.3) is 22.0 Å². The Morgan fingerprint density at radius 1 is 1.03 bits per heavy atom. The second kappa shape index (κ2) is 10.3. The predicted molar refractivity (Wildman–Crippen MR) is 143 cm³/mol. The van der Waals surface area contributed by atoms with E-state index in [0.29, 0.717) is 18.7 Å². The minimum absolute atomic E-state index is 0.279. The number of aryl methyl sites for hydroxylation is 1. The van der Waals surface area contributed by atoms with E-state index in [1.807, 2.05) is 39.9 Å². The standard InChI is InChI=1S/C25H27IN5OP/c26-33-31-18-23(16-28-31)21-7-8-24-22(14-21)15-27-30(24)17-20-10-12-29(13-11-20)25(32)9-6-19-4-2-1-3-5-19/h1-5,7-8,14-16,18,20,33H,6,9-13,17H2.